The number of rotatable bonds is 3. The van der Waals surface area contributed by atoms with Crippen molar-refractivity contribution in [2.75, 3.05) is 18.0 Å². The van der Waals surface area contributed by atoms with Gasteiger partial charge in [0.1, 0.15) is 10.6 Å². The van der Waals surface area contributed by atoms with Gasteiger partial charge >= 0.3 is 0 Å². The van der Waals surface area contributed by atoms with Crippen molar-refractivity contribution in [1.82, 2.24) is 24.7 Å². The molecule has 5 heterocycles. The van der Waals surface area contributed by atoms with Gasteiger partial charge in [-0.2, -0.15) is 5.10 Å². The van der Waals surface area contributed by atoms with Crippen LogP contribution in [-0.4, -0.2) is 37.8 Å². The third-order valence-corrected chi connectivity index (χ3v) is 7.31. The quantitative estimate of drug-likeness (QED) is 0.512. The van der Waals surface area contributed by atoms with Crippen LogP contribution in [0.5, 0.6) is 0 Å². The molecule has 0 aromatic carbocycles. The Labute approximate surface area is 173 Å². The molecule has 1 aliphatic carbocycles. The minimum Gasteiger partial charge on any atom is -0.356 e. The summed E-state index contributed by atoms with van der Waals surface area (Å²) >= 11 is 1.86. The second-order valence-electron chi connectivity index (χ2n) is 7.85. The Hall–Kier alpha value is -2.80. The van der Waals surface area contributed by atoms with Crippen LogP contribution >= 0.6 is 11.3 Å². The van der Waals surface area contributed by atoms with E-state index in [1.54, 1.807) is 6.20 Å². The molecule has 1 fully saturated rings. The molecular formula is C22H22N6S. The van der Waals surface area contributed by atoms with Gasteiger partial charge in [0.15, 0.2) is 5.82 Å². The molecule has 4 aromatic rings. The molecular weight excluding hydrogens is 380 g/mol. The summed E-state index contributed by atoms with van der Waals surface area (Å²) in [5, 5.41) is 5.75. The zero-order valence-electron chi connectivity index (χ0n) is 16.2. The summed E-state index contributed by atoms with van der Waals surface area (Å²) in [6.45, 7) is 1.99. The van der Waals surface area contributed by atoms with Crippen LogP contribution in [0.1, 0.15) is 35.7 Å². The van der Waals surface area contributed by atoms with Crippen LogP contribution in [-0.2, 0) is 12.8 Å². The molecule has 0 saturated carbocycles. The fourth-order valence-corrected chi connectivity index (χ4v) is 5.92. The fourth-order valence-electron chi connectivity index (χ4n) is 4.67. The van der Waals surface area contributed by atoms with E-state index in [1.165, 1.54) is 28.7 Å². The first-order chi connectivity index (χ1) is 14.4. The molecule has 0 amide bonds. The molecule has 6 rings (SSSR count). The van der Waals surface area contributed by atoms with Crippen molar-refractivity contribution in [3.63, 3.8) is 0 Å². The van der Waals surface area contributed by atoms with E-state index in [9.17, 15) is 0 Å². The summed E-state index contributed by atoms with van der Waals surface area (Å²) < 4.78 is 2.11. The van der Waals surface area contributed by atoms with Crippen LogP contribution in [0.15, 0.2) is 43.0 Å². The highest BCUT2D eigenvalue weighted by Crippen LogP contribution is 2.42. The van der Waals surface area contributed by atoms with Gasteiger partial charge in [-0.15, -0.1) is 11.3 Å². The number of pyridine rings is 1. The van der Waals surface area contributed by atoms with Gasteiger partial charge in [0.05, 0.1) is 11.4 Å². The molecule has 1 saturated heterocycles. The average Bonchev–Trinajstić information content (AvgIpc) is 3.51. The summed E-state index contributed by atoms with van der Waals surface area (Å²) in [4.78, 5) is 19.4. The number of piperidine rings is 1. The van der Waals surface area contributed by atoms with Crippen molar-refractivity contribution in [2.45, 2.75) is 38.1 Å². The molecule has 6 nitrogen and oxygen atoms in total. The molecule has 0 unspecified atom stereocenters. The van der Waals surface area contributed by atoms with E-state index >= 15 is 0 Å². The van der Waals surface area contributed by atoms with Gasteiger partial charge in [0.2, 0.25) is 0 Å². The van der Waals surface area contributed by atoms with Crippen LogP contribution in [0.25, 0.3) is 21.6 Å². The SMILES string of the molecule is c1cncc(-c2nc(N3CCC(n4cccn4)CC3)c3c4c(sc3n2)CCC4)c1. The smallest absolute Gasteiger partial charge is 0.164 e. The van der Waals surface area contributed by atoms with Gasteiger partial charge in [0.25, 0.3) is 0 Å². The molecule has 0 radical (unpaired) electrons. The van der Waals surface area contributed by atoms with E-state index < -0.39 is 0 Å². The maximum atomic E-state index is 5.09. The number of aromatic nitrogens is 5. The number of fused-ring (bicyclic) bond motifs is 3. The first-order valence-corrected chi connectivity index (χ1v) is 11.2. The number of nitrogens with zero attached hydrogens (tertiary/aromatic N) is 6. The van der Waals surface area contributed by atoms with Crippen molar-refractivity contribution in [1.29, 1.82) is 0 Å². The maximum absolute atomic E-state index is 5.09. The first kappa shape index (κ1) is 17.1. The van der Waals surface area contributed by atoms with E-state index in [2.05, 4.69) is 25.9 Å². The van der Waals surface area contributed by atoms with Crippen LogP contribution in [0.3, 0.4) is 0 Å². The Morgan fingerprint density at radius 2 is 1.97 bits per heavy atom. The Morgan fingerprint density at radius 1 is 1.03 bits per heavy atom. The number of aryl methyl sites for hydroxylation is 2. The van der Waals surface area contributed by atoms with Crippen molar-refractivity contribution in [3.05, 3.63) is 53.4 Å². The number of hydrogen-bond acceptors (Lipinski definition) is 6. The van der Waals surface area contributed by atoms with Gasteiger partial charge < -0.3 is 4.90 Å². The summed E-state index contributed by atoms with van der Waals surface area (Å²) in [6.07, 6.45) is 13.4. The van der Waals surface area contributed by atoms with Gasteiger partial charge in [-0.1, -0.05) is 0 Å². The Balaban J connectivity index is 1.41. The topological polar surface area (TPSA) is 59.7 Å². The first-order valence-electron chi connectivity index (χ1n) is 10.3. The molecule has 7 heteroatoms. The molecule has 29 heavy (non-hydrogen) atoms. The third kappa shape index (κ3) is 2.92. The van der Waals surface area contributed by atoms with Crippen molar-refractivity contribution >= 4 is 27.4 Å². The summed E-state index contributed by atoms with van der Waals surface area (Å²) in [7, 11) is 0. The van der Waals surface area contributed by atoms with Crippen LogP contribution < -0.4 is 4.90 Å². The molecule has 2 aliphatic rings. The predicted octanol–water partition coefficient (Wildman–Crippen LogP) is 4.28. The van der Waals surface area contributed by atoms with Gasteiger partial charge in [-0.3, -0.25) is 9.67 Å². The van der Waals surface area contributed by atoms with Crippen molar-refractivity contribution in [3.8, 4) is 11.4 Å². The average molecular weight is 403 g/mol. The zero-order chi connectivity index (χ0) is 19.2. The molecule has 0 spiro atoms. The van der Waals surface area contributed by atoms with Crippen molar-refractivity contribution in [2.24, 2.45) is 0 Å². The Morgan fingerprint density at radius 3 is 2.76 bits per heavy atom. The van der Waals surface area contributed by atoms with Gasteiger partial charge in [0, 0.05) is 48.3 Å². The molecule has 0 bridgehead atoms. The van der Waals surface area contributed by atoms with E-state index in [-0.39, 0.29) is 0 Å². The molecule has 1 aliphatic heterocycles. The zero-order valence-corrected chi connectivity index (χ0v) is 17.0. The normalized spacial score (nSPS) is 17.2. The lowest BCUT2D eigenvalue weighted by Gasteiger charge is -2.33. The molecule has 4 aromatic heterocycles. The largest absolute Gasteiger partial charge is 0.356 e. The summed E-state index contributed by atoms with van der Waals surface area (Å²) in [6, 6.07) is 6.48. The molecule has 0 atom stereocenters. The minimum absolute atomic E-state index is 0.476. The second kappa shape index (κ2) is 6.91. The number of hydrogen-bond donors (Lipinski definition) is 0. The molecule has 0 N–H and O–H groups in total. The Kier molecular flexibility index (Phi) is 4.08. The lowest BCUT2D eigenvalue weighted by molar-refractivity contribution is 0.366. The highest BCUT2D eigenvalue weighted by atomic mass is 32.1. The highest BCUT2D eigenvalue weighted by Gasteiger charge is 2.28. The predicted molar refractivity (Wildman–Crippen MR) is 115 cm³/mol. The Bertz CT molecular complexity index is 1140. The van der Waals surface area contributed by atoms with E-state index in [0.29, 0.717) is 6.04 Å². The lowest BCUT2D eigenvalue weighted by atomic mass is 10.0. The van der Waals surface area contributed by atoms with Gasteiger partial charge in [-0.05, 0) is 55.9 Å². The summed E-state index contributed by atoms with van der Waals surface area (Å²) in [5.41, 5.74) is 2.47. The van der Waals surface area contributed by atoms with E-state index in [0.717, 1.165) is 54.4 Å². The van der Waals surface area contributed by atoms with Crippen LogP contribution in [0, 0.1) is 0 Å². The van der Waals surface area contributed by atoms with E-state index in [1.807, 2.05) is 41.9 Å². The molecule has 146 valence electrons. The maximum Gasteiger partial charge on any atom is 0.164 e. The number of anilines is 1. The minimum atomic E-state index is 0.476. The van der Waals surface area contributed by atoms with Gasteiger partial charge in [-0.25, -0.2) is 9.97 Å². The third-order valence-electron chi connectivity index (χ3n) is 6.13. The fraction of sp³-hybridized carbons (Fsp3) is 0.364. The van der Waals surface area contributed by atoms with Crippen LogP contribution in [0.2, 0.25) is 0 Å². The van der Waals surface area contributed by atoms with Crippen molar-refractivity contribution < 1.29 is 0 Å². The monoisotopic (exact) mass is 402 g/mol. The second-order valence-corrected chi connectivity index (χ2v) is 8.94. The van der Waals surface area contributed by atoms with Crippen LogP contribution in [0.4, 0.5) is 5.82 Å². The summed E-state index contributed by atoms with van der Waals surface area (Å²) in [5.74, 6) is 1.90. The standard InChI is InChI=1S/C22H22N6S/c1-5-17-18(6-1)29-22-19(17)21(25-20(26-22)15-4-2-9-23-14-15)27-12-7-16(8-13-27)28-11-3-10-24-28/h2-4,9-11,14,16H,1,5-8,12-13H2. The lowest BCUT2D eigenvalue weighted by Crippen LogP contribution is -2.35. The van der Waals surface area contributed by atoms with E-state index in [4.69, 9.17) is 9.97 Å². The number of thiophene rings is 1. The highest BCUT2D eigenvalue weighted by molar-refractivity contribution is 7.19.